The third kappa shape index (κ3) is 3.93. The lowest BCUT2D eigenvalue weighted by molar-refractivity contribution is -0.148. The van der Waals surface area contributed by atoms with E-state index >= 15 is 0 Å². The summed E-state index contributed by atoms with van der Waals surface area (Å²) in [5.74, 6) is 0.0274. The molecule has 0 aliphatic heterocycles. The molecule has 0 spiro atoms. The zero-order valence-corrected chi connectivity index (χ0v) is 12.9. The van der Waals surface area contributed by atoms with Crippen LogP contribution in [0.15, 0.2) is 0 Å². The van der Waals surface area contributed by atoms with Crippen molar-refractivity contribution >= 4 is 5.97 Å². The largest absolute Gasteiger partial charge is 0.468 e. The Labute approximate surface area is 117 Å². The normalized spacial score (nSPS) is 27.2. The number of hydrogen-bond acceptors (Lipinski definition) is 4. The minimum Gasteiger partial charge on any atom is -0.468 e. The predicted octanol–water partition coefficient (Wildman–Crippen LogP) is 2.17. The van der Waals surface area contributed by atoms with E-state index in [4.69, 9.17) is 10.5 Å². The second-order valence-corrected chi connectivity index (χ2v) is 6.04. The van der Waals surface area contributed by atoms with Crippen molar-refractivity contribution in [1.29, 1.82) is 0 Å². The van der Waals surface area contributed by atoms with Gasteiger partial charge in [0.2, 0.25) is 0 Å². The first kappa shape index (κ1) is 16.4. The Morgan fingerprint density at radius 2 is 2.16 bits per heavy atom. The molecule has 2 atom stereocenters. The number of rotatable bonds is 7. The Morgan fingerprint density at radius 3 is 2.68 bits per heavy atom. The first-order chi connectivity index (χ1) is 8.95. The van der Waals surface area contributed by atoms with Crippen LogP contribution in [-0.4, -0.2) is 42.6 Å². The van der Waals surface area contributed by atoms with Gasteiger partial charge in [0.15, 0.2) is 0 Å². The van der Waals surface area contributed by atoms with Gasteiger partial charge in [0.25, 0.3) is 0 Å². The molecule has 4 heteroatoms. The second-order valence-electron chi connectivity index (χ2n) is 6.04. The highest BCUT2D eigenvalue weighted by molar-refractivity contribution is 5.81. The average Bonchev–Trinajstić information content (AvgIpc) is 2.75. The van der Waals surface area contributed by atoms with Crippen molar-refractivity contribution in [3.05, 3.63) is 0 Å². The molecule has 0 saturated heterocycles. The van der Waals surface area contributed by atoms with Gasteiger partial charge in [-0.1, -0.05) is 13.3 Å². The lowest BCUT2D eigenvalue weighted by Crippen LogP contribution is -2.52. The van der Waals surface area contributed by atoms with Crippen molar-refractivity contribution in [1.82, 2.24) is 4.90 Å². The number of nitrogens with two attached hydrogens (primary N) is 1. The van der Waals surface area contributed by atoms with E-state index in [1.807, 2.05) is 0 Å². The minimum atomic E-state index is -0.746. The van der Waals surface area contributed by atoms with E-state index in [0.29, 0.717) is 6.04 Å². The Morgan fingerprint density at radius 1 is 1.47 bits per heavy atom. The molecule has 1 rings (SSSR count). The quantitative estimate of drug-likeness (QED) is 0.720. The van der Waals surface area contributed by atoms with E-state index in [-0.39, 0.29) is 11.9 Å². The van der Waals surface area contributed by atoms with E-state index in [2.05, 4.69) is 25.7 Å². The first-order valence-electron chi connectivity index (χ1n) is 7.57. The van der Waals surface area contributed by atoms with Crippen LogP contribution < -0.4 is 5.73 Å². The maximum atomic E-state index is 11.9. The summed E-state index contributed by atoms with van der Waals surface area (Å²) in [7, 11) is 1.43. The van der Waals surface area contributed by atoms with Gasteiger partial charge in [-0.2, -0.15) is 0 Å². The maximum Gasteiger partial charge on any atom is 0.326 e. The van der Waals surface area contributed by atoms with Crippen LogP contribution in [0.3, 0.4) is 0 Å². The topological polar surface area (TPSA) is 55.6 Å². The summed E-state index contributed by atoms with van der Waals surface area (Å²) in [4.78, 5) is 14.4. The fourth-order valence-electron chi connectivity index (χ4n) is 3.20. The van der Waals surface area contributed by atoms with E-state index < -0.39 is 5.54 Å². The van der Waals surface area contributed by atoms with Gasteiger partial charge >= 0.3 is 5.97 Å². The van der Waals surface area contributed by atoms with Crippen molar-refractivity contribution in [3.63, 3.8) is 0 Å². The molecule has 0 heterocycles. The number of nitrogens with zero attached hydrogens (tertiary/aromatic N) is 1. The van der Waals surface area contributed by atoms with Crippen LogP contribution >= 0.6 is 0 Å². The molecule has 4 nitrogen and oxygen atoms in total. The highest BCUT2D eigenvalue weighted by Crippen LogP contribution is 2.37. The smallest absolute Gasteiger partial charge is 0.326 e. The van der Waals surface area contributed by atoms with Gasteiger partial charge in [0, 0.05) is 6.04 Å². The van der Waals surface area contributed by atoms with Crippen LogP contribution in [0, 0.1) is 5.92 Å². The summed E-state index contributed by atoms with van der Waals surface area (Å²) < 4.78 is 4.89. The van der Waals surface area contributed by atoms with Gasteiger partial charge < -0.3 is 15.4 Å². The third-order valence-corrected chi connectivity index (χ3v) is 4.44. The first-order valence-corrected chi connectivity index (χ1v) is 7.57. The molecule has 0 aromatic rings. The second kappa shape index (κ2) is 7.25. The van der Waals surface area contributed by atoms with Gasteiger partial charge in [0.1, 0.15) is 5.54 Å². The molecule has 2 unspecified atom stereocenters. The summed E-state index contributed by atoms with van der Waals surface area (Å²) in [6.45, 7) is 8.78. The van der Waals surface area contributed by atoms with Gasteiger partial charge in [0.05, 0.1) is 7.11 Å². The average molecular weight is 270 g/mol. The number of carbonyl (C=O) groups is 1. The third-order valence-electron chi connectivity index (χ3n) is 4.44. The number of esters is 1. The van der Waals surface area contributed by atoms with Gasteiger partial charge in [-0.3, -0.25) is 4.79 Å². The van der Waals surface area contributed by atoms with Crippen LogP contribution in [0.5, 0.6) is 0 Å². The zero-order valence-electron chi connectivity index (χ0n) is 12.9. The van der Waals surface area contributed by atoms with Gasteiger partial charge in [-0.25, -0.2) is 0 Å². The molecule has 0 bridgehead atoms. The molecule has 1 fully saturated rings. The molecule has 0 aromatic carbocycles. The maximum absolute atomic E-state index is 11.9. The lowest BCUT2D eigenvalue weighted by Gasteiger charge is -2.32. The Kier molecular flexibility index (Phi) is 6.27. The summed E-state index contributed by atoms with van der Waals surface area (Å²) in [5.41, 5.74) is 5.55. The molecule has 2 N–H and O–H groups in total. The van der Waals surface area contributed by atoms with Crippen molar-refractivity contribution in [2.45, 2.75) is 64.5 Å². The van der Waals surface area contributed by atoms with E-state index in [1.54, 1.807) is 0 Å². The predicted molar refractivity (Wildman–Crippen MR) is 77.9 cm³/mol. The molecule has 112 valence electrons. The fraction of sp³-hybridized carbons (Fsp3) is 0.933. The Balaban J connectivity index is 2.58. The zero-order chi connectivity index (χ0) is 14.5. The summed E-state index contributed by atoms with van der Waals surface area (Å²) in [6.07, 6.45) is 4.99. The molecule has 1 aliphatic carbocycles. The number of carbonyl (C=O) groups excluding carboxylic acids is 1. The van der Waals surface area contributed by atoms with Crippen LogP contribution in [0.2, 0.25) is 0 Å². The molecule has 0 amide bonds. The van der Waals surface area contributed by atoms with Crippen molar-refractivity contribution < 1.29 is 9.53 Å². The molecule has 0 radical (unpaired) electrons. The lowest BCUT2D eigenvalue weighted by atomic mass is 9.85. The summed E-state index contributed by atoms with van der Waals surface area (Å²) in [6, 6.07) is 0.548. The number of hydrogen-bond donors (Lipinski definition) is 1. The van der Waals surface area contributed by atoms with Crippen LogP contribution in [-0.2, 0) is 9.53 Å². The molecule has 1 aliphatic rings. The Bertz CT molecular complexity index is 294. The highest BCUT2D eigenvalue weighted by Gasteiger charge is 2.46. The molecule has 19 heavy (non-hydrogen) atoms. The van der Waals surface area contributed by atoms with Crippen molar-refractivity contribution in [2.75, 3.05) is 20.2 Å². The van der Waals surface area contributed by atoms with E-state index in [1.165, 1.54) is 7.11 Å². The van der Waals surface area contributed by atoms with Crippen molar-refractivity contribution in [2.24, 2.45) is 11.7 Å². The van der Waals surface area contributed by atoms with Crippen LogP contribution in [0.4, 0.5) is 0 Å². The monoisotopic (exact) mass is 270 g/mol. The molecule has 1 saturated carbocycles. The standard InChI is InChI=1S/C15H30N2O2/c1-5-10-17(12(2)3)11-8-13-7-6-9-15(13,16)14(18)19-4/h12-13H,5-11,16H2,1-4H3. The SMILES string of the molecule is CCCN(CCC1CCCC1(N)C(=O)OC)C(C)C. The summed E-state index contributed by atoms with van der Waals surface area (Å²) >= 11 is 0. The molecular formula is C15H30N2O2. The fourth-order valence-corrected chi connectivity index (χ4v) is 3.20. The molecule has 0 aromatic heterocycles. The Hall–Kier alpha value is -0.610. The van der Waals surface area contributed by atoms with Crippen LogP contribution in [0.1, 0.15) is 52.9 Å². The van der Waals surface area contributed by atoms with E-state index in [9.17, 15) is 4.79 Å². The van der Waals surface area contributed by atoms with E-state index in [0.717, 1.165) is 45.2 Å². The van der Waals surface area contributed by atoms with Gasteiger partial charge in [-0.05, 0) is 58.5 Å². The number of ether oxygens (including phenoxy) is 1. The number of methoxy groups -OCH3 is 1. The highest BCUT2D eigenvalue weighted by atomic mass is 16.5. The van der Waals surface area contributed by atoms with Gasteiger partial charge in [-0.15, -0.1) is 0 Å². The van der Waals surface area contributed by atoms with Crippen molar-refractivity contribution in [3.8, 4) is 0 Å². The minimum absolute atomic E-state index is 0.235. The molecular weight excluding hydrogens is 240 g/mol. The summed E-state index contributed by atoms with van der Waals surface area (Å²) in [5, 5.41) is 0. The van der Waals surface area contributed by atoms with Crippen LogP contribution in [0.25, 0.3) is 0 Å².